The Morgan fingerprint density at radius 2 is 1.20 bits per heavy atom. The van der Waals surface area contributed by atoms with Gasteiger partial charge in [0.1, 0.15) is 24.5 Å². The Labute approximate surface area is 239 Å². The number of ether oxygens (including phenoxy) is 2. The summed E-state index contributed by atoms with van der Waals surface area (Å²) in [5.74, 6) is 0.0805. The number of anilines is 1. The van der Waals surface area contributed by atoms with Gasteiger partial charge in [-0.3, -0.25) is 0 Å². The number of nitrogens with one attached hydrogen (secondary N) is 1. The second kappa shape index (κ2) is 12.4. The van der Waals surface area contributed by atoms with Crippen molar-refractivity contribution in [2.24, 2.45) is 0 Å². The topological polar surface area (TPSA) is 47.6 Å². The Bertz CT molecular complexity index is 1380. The van der Waals surface area contributed by atoms with Crippen molar-refractivity contribution in [1.82, 2.24) is 0 Å². The highest BCUT2D eigenvalue weighted by molar-refractivity contribution is 5.93. The first kappa shape index (κ1) is 28.9. The fraction of sp³-hybridized carbons (Fsp3) is 0.306. The van der Waals surface area contributed by atoms with Crippen molar-refractivity contribution in [2.75, 3.05) is 5.32 Å². The van der Waals surface area contributed by atoms with Crippen LogP contribution in [0, 0.1) is 0 Å². The lowest BCUT2D eigenvalue weighted by atomic mass is 9.79. The van der Waals surface area contributed by atoms with Gasteiger partial charge in [-0.1, -0.05) is 120 Å². The van der Waals surface area contributed by atoms with Crippen molar-refractivity contribution < 1.29 is 14.3 Å². The van der Waals surface area contributed by atoms with Gasteiger partial charge in [0.05, 0.1) is 0 Å². The average Bonchev–Trinajstić information content (AvgIpc) is 2.94. The number of benzene rings is 4. The first-order chi connectivity index (χ1) is 19.0. The molecule has 208 valence electrons. The fourth-order valence-corrected chi connectivity index (χ4v) is 4.32. The number of hydrogen-bond donors (Lipinski definition) is 1. The molecule has 0 aliphatic rings. The van der Waals surface area contributed by atoms with E-state index in [0.717, 1.165) is 16.8 Å². The average molecular weight is 536 g/mol. The maximum absolute atomic E-state index is 13.1. The van der Waals surface area contributed by atoms with Crippen LogP contribution in [-0.2, 0) is 35.3 Å². The molecular formula is C36H41NO3. The van der Waals surface area contributed by atoms with Crippen molar-refractivity contribution in [1.29, 1.82) is 0 Å². The molecule has 0 saturated carbocycles. The summed E-state index contributed by atoms with van der Waals surface area (Å²) in [6.07, 6.45) is 0. The minimum absolute atomic E-state index is 0.0518. The molecule has 0 unspecified atom stereocenters. The van der Waals surface area contributed by atoms with E-state index in [0.29, 0.717) is 24.5 Å². The lowest BCUT2D eigenvalue weighted by Gasteiger charge is -2.26. The lowest BCUT2D eigenvalue weighted by molar-refractivity contribution is 0.0467. The zero-order chi connectivity index (χ0) is 28.8. The summed E-state index contributed by atoms with van der Waals surface area (Å²) in [5, 5.41) is 3.55. The van der Waals surface area contributed by atoms with Gasteiger partial charge >= 0.3 is 5.97 Å². The van der Waals surface area contributed by atoms with Crippen LogP contribution in [0.4, 0.5) is 5.69 Å². The predicted octanol–water partition coefficient (Wildman–Crippen LogP) is 8.83. The van der Waals surface area contributed by atoms with E-state index in [4.69, 9.17) is 9.47 Å². The van der Waals surface area contributed by atoms with E-state index in [1.165, 1.54) is 16.7 Å². The van der Waals surface area contributed by atoms with Gasteiger partial charge in [-0.05, 0) is 50.8 Å². The van der Waals surface area contributed by atoms with Gasteiger partial charge in [-0.15, -0.1) is 0 Å². The molecule has 4 aromatic carbocycles. The first-order valence-electron chi connectivity index (χ1n) is 13.9. The summed E-state index contributed by atoms with van der Waals surface area (Å²) >= 11 is 0. The first-order valence-corrected chi connectivity index (χ1v) is 13.9. The standard InChI is InChI=1S/C36H41NO3/c1-35(2,3)29-19-28(20-30(21-29)36(4,5)6)23-37-31-17-18-32(34(38)40-25-27-15-11-8-12-16-27)33(22-31)39-24-26-13-9-7-10-14-26/h7-22,37H,23-25H2,1-6H3. The Hall–Kier alpha value is -4.05. The third-order valence-corrected chi connectivity index (χ3v) is 6.87. The summed E-state index contributed by atoms with van der Waals surface area (Å²) in [6.45, 7) is 14.7. The summed E-state index contributed by atoms with van der Waals surface area (Å²) < 4.78 is 11.8. The predicted molar refractivity (Wildman–Crippen MR) is 164 cm³/mol. The quantitative estimate of drug-likeness (QED) is 0.218. The minimum Gasteiger partial charge on any atom is -0.488 e. The van der Waals surface area contributed by atoms with Crippen molar-refractivity contribution in [3.63, 3.8) is 0 Å². The summed E-state index contributed by atoms with van der Waals surface area (Å²) in [6, 6.07) is 32.1. The van der Waals surface area contributed by atoms with Gasteiger partial charge in [0.25, 0.3) is 0 Å². The SMILES string of the molecule is CC(C)(C)c1cc(CNc2ccc(C(=O)OCc3ccccc3)c(OCc3ccccc3)c2)cc(C(C)(C)C)c1. The summed E-state index contributed by atoms with van der Waals surface area (Å²) in [4.78, 5) is 13.1. The normalized spacial score (nSPS) is 11.7. The molecule has 0 fully saturated rings. The molecule has 0 radical (unpaired) electrons. The van der Waals surface area contributed by atoms with E-state index in [1.54, 1.807) is 6.07 Å². The van der Waals surface area contributed by atoms with E-state index in [2.05, 4.69) is 65.1 Å². The molecule has 1 N–H and O–H groups in total. The molecule has 0 bridgehead atoms. The molecule has 0 heterocycles. The van der Waals surface area contributed by atoms with Crippen LogP contribution in [0.5, 0.6) is 5.75 Å². The van der Waals surface area contributed by atoms with E-state index in [9.17, 15) is 4.79 Å². The Kier molecular flexibility index (Phi) is 8.99. The minimum atomic E-state index is -0.411. The molecule has 0 aliphatic carbocycles. The van der Waals surface area contributed by atoms with Crippen molar-refractivity contribution in [3.8, 4) is 5.75 Å². The number of carbonyl (C=O) groups excluding carboxylic acids is 1. The molecule has 0 aromatic heterocycles. The zero-order valence-corrected chi connectivity index (χ0v) is 24.6. The van der Waals surface area contributed by atoms with E-state index >= 15 is 0 Å². The molecule has 4 rings (SSSR count). The highest BCUT2D eigenvalue weighted by Crippen LogP contribution is 2.31. The van der Waals surface area contributed by atoms with Crippen LogP contribution in [0.3, 0.4) is 0 Å². The highest BCUT2D eigenvalue weighted by Gasteiger charge is 2.21. The fourth-order valence-electron chi connectivity index (χ4n) is 4.32. The lowest BCUT2D eigenvalue weighted by Crippen LogP contribution is -2.17. The van der Waals surface area contributed by atoms with Crippen LogP contribution in [0.25, 0.3) is 0 Å². The molecule has 4 nitrogen and oxygen atoms in total. The van der Waals surface area contributed by atoms with Crippen LogP contribution >= 0.6 is 0 Å². The molecular weight excluding hydrogens is 494 g/mol. The van der Waals surface area contributed by atoms with Gasteiger partial charge < -0.3 is 14.8 Å². The molecule has 4 aromatic rings. The van der Waals surface area contributed by atoms with Crippen LogP contribution in [0.2, 0.25) is 0 Å². The molecule has 0 atom stereocenters. The highest BCUT2D eigenvalue weighted by atomic mass is 16.5. The van der Waals surface area contributed by atoms with Gasteiger partial charge in [-0.25, -0.2) is 4.79 Å². The van der Waals surface area contributed by atoms with Crippen molar-refractivity contribution >= 4 is 11.7 Å². The molecule has 40 heavy (non-hydrogen) atoms. The van der Waals surface area contributed by atoms with Crippen molar-refractivity contribution in [2.45, 2.75) is 72.1 Å². The summed E-state index contributed by atoms with van der Waals surface area (Å²) in [7, 11) is 0. The second-order valence-corrected chi connectivity index (χ2v) is 12.3. The second-order valence-electron chi connectivity index (χ2n) is 12.3. The smallest absolute Gasteiger partial charge is 0.342 e. The van der Waals surface area contributed by atoms with Crippen LogP contribution in [-0.4, -0.2) is 5.97 Å². The van der Waals surface area contributed by atoms with E-state index in [-0.39, 0.29) is 17.4 Å². The largest absolute Gasteiger partial charge is 0.488 e. The number of hydrogen-bond acceptors (Lipinski definition) is 4. The number of esters is 1. The monoisotopic (exact) mass is 535 g/mol. The maximum atomic E-state index is 13.1. The van der Waals surface area contributed by atoms with Gasteiger partial charge in [-0.2, -0.15) is 0 Å². The van der Waals surface area contributed by atoms with Crippen LogP contribution in [0.15, 0.2) is 97.1 Å². The number of rotatable bonds is 9. The molecule has 4 heteroatoms. The van der Waals surface area contributed by atoms with Gasteiger partial charge in [0.15, 0.2) is 0 Å². The van der Waals surface area contributed by atoms with Crippen LogP contribution < -0.4 is 10.1 Å². The molecule has 0 spiro atoms. The molecule has 0 saturated heterocycles. The van der Waals surface area contributed by atoms with Gasteiger partial charge in [0, 0.05) is 18.3 Å². The van der Waals surface area contributed by atoms with E-state index in [1.807, 2.05) is 72.8 Å². The molecule has 0 amide bonds. The van der Waals surface area contributed by atoms with Gasteiger partial charge in [0.2, 0.25) is 0 Å². The maximum Gasteiger partial charge on any atom is 0.342 e. The number of carbonyl (C=O) groups is 1. The molecule has 0 aliphatic heterocycles. The van der Waals surface area contributed by atoms with E-state index < -0.39 is 5.97 Å². The summed E-state index contributed by atoms with van der Waals surface area (Å²) in [5.41, 5.74) is 7.21. The zero-order valence-electron chi connectivity index (χ0n) is 24.6. The Balaban J connectivity index is 1.56. The Morgan fingerprint density at radius 3 is 1.75 bits per heavy atom. The third-order valence-electron chi connectivity index (χ3n) is 6.87. The Morgan fingerprint density at radius 1 is 0.650 bits per heavy atom. The van der Waals surface area contributed by atoms with Crippen LogP contribution in [0.1, 0.15) is 79.7 Å². The third kappa shape index (κ3) is 7.98. The van der Waals surface area contributed by atoms with Crippen molar-refractivity contribution in [3.05, 3.63) is 130 Å².